The van der Waals surface area contributed by atoms with Gasteiger partial charge in [0.15, 0.2) is 11.5 Å². The molecule has 5 aromatic rings. The SMILES string of the molecule is Cc1cnc2ccc(-c3c(-c4cccc(C#N)c4)nc(N)c4nccn34)cn12. The lowest BCUT2D eigenvalue weighted by molar-refractivity contribution is 1.09. The molecule has 0 saturated carbocycles. The van der Waals surface area contributed by atoms with Crippen molar-refractivity contribution in [3.63, 3.8) is 0 Å². The Labute approximate surface area is 160 Å². The van der Waals surface area contributed by atoms with Crippen LogP contribution in [0.2, 0.25) is 0 Å². The maximum absolute atomic E-state index is 9.29. The van der Waals surface area contributed by atoms with E-state index in [1.807, 2.05) is 64.6 Å². The summed E-state index contributed by atoms with van der Waals surface area (Å²) in [7, 11) is 0. The number of nitrogens with zero attached hydrogens (tertiary/aromatic N) is 6. The van der Waals surface area contributed by atoms with Gasteiger partial charge in [-0.05, 0) is 31.2 Å². The standard InChI is InChI=1S/C21H15N7/c1-13-11-25-17-6-5-16(12-28(13)17)19-18(15-4-2-3-14(9-15)10-22)26-20(23)21-24-7-8-27(19)21/h2-9,11-12H,1H3,(H2,23,26). The van der Waals surface area contributed by atoms with E-state index in [1.54, 1.807) is 12.3 Å². The molecule has 0 fully saturated rings. The first-order valence-electron chi connectivity index (χ1n) is 8.73. The van der Waals surface area contributed by atoms with Gasteiger partial charge in [-0.2, -0.15) is 5.26 Å². The zero-order chi connectivity index (χ0) is 19.3. The van der Waals surface area contributed by atoms with Gasteiger partial charge >= 0.3 is 0 Å². The second-order valence-electron chi connectivity index (χ2n) is 6.55. The summed E-state index contributed by atoms with van der Waals surface area (Å²) in [5.41, 5.74) is 12.6. The fraction of sp³-hybridized carbons (Fsp3) is 0.0476. The van der Waals surface area contributed by atoms with E-state index >= 15 is 0 Å². The van der Waals surface area contributed by atoms with Gasteiger partial charge in [-0.25, -0.2) is 15.0 Å². The van der Waals surface area contributed by atoms with Crippen molar-refractivity contribution in [3.8, 4) is 28.6 Å². The summed E-state index contributed by atoms with van der Waals surface area (Å²) >= 11 is 0. The van der Waals surface area contributed by atoms with Crippen molar-refractivity contribution in [2.75, 3.05) is 5.73 Å². The summed E-state index contributed by atoms with van der Waals surface area (Å²) in [4.78, 5) is 13.4. The van der Waals surface area contributed by atoms with E-state index in [0.717, 1.165) is 28.2 Å². The largest absolute Gasteiger partial charge is 0.381 e. The molecule has 4 heterocycles. The van der Waals surface area contributed by atoms with Gasteiger partial charge in [-0.3, -0.25) is 4.40 Å². The monoisotopic (exact) mass is 365 g/mol. The number of nitrogens with two attached hydrogens (primary N) is 1. The minimum atomic E-state index is 0.339. The predicted molar refractivity (Wildman–Crippen MR) is 106 cm³/mol. The number of hydrogen-bond acceptors (Lipinski definition) is 5. The van der Waals surface area contributed by atoms with Crippen LogP contribution < -0.4 is 5.73 Å². The number of nitrogen functional groups attached to an aromatic ring is 1. The second kappa shape index (κ2) is 5.93. The van der Waals surface area contributed by atoms with E-state index in [0.29, 0.717) is 22.7 Å². The van der Waals surface area contributed by atoms with Gasteiger partial charge in [0, 0.05) is 41.6 Å². The molecule has 0 radical (unpaired) electrons. The molecule has 1 aromatic carbocycles. The van der Waals surface area contributed by atoms with Crippen LogP contribution in [0, 0.1) is 18.3 Å². The molecule has 0 atom stereocenters. The molecule has 2 N–H and O–H groups in total. The first-order chi connectivity index (χ1) is 13.7. The van der Waals surface area contributed by atoms with Crippen molar-refractivity contribution in [3.05, 3.63) is 72.4 Å². The molecular formula is C21H15N7. The van der Waals surface area contributed by atoms with Crippen molar-refractivity contribution in [1.29, 1.82) is 5.26 Å². The van der Waals surface area contributed by atoms with Crippen LogP contribution in [0.15, 0.2) is 61.2 Å². The lowest BCUT2D eigenvalue weighted by Gasteiger charge is -2.14. The molecule has 28 heavy (non-hydrogen) atoms. The molecule has 5 rings (SSSR count). The minimum Gasteiger partial charge on any atom is -0.381 e. The number of aryl methyl sites for hydroxylation is 1. The smallest absolute Gasteiger partial charge is 0.180 e. The highest BCUT2D eigenvalue weighted by molar-refractivity contribution is 5.83. The highest BCUT2D eigenvalue weighted by Gasteiger charge is 2.18. The van der Waals surface area contributed by atoms with Gasteiger partial charge in [-0.15, -0.1) is 0 Å². The molecule has 7 heteroatoms. The van der Waals surface area contributed by atoms with Crippen LogP contribution in [0.4, 0.5) is 5.82 Å². The van der Waals surface area contributed by atoms with Crippen LogP contribution in [-0.4, -0.2) is 23.8 Å². The average molecular weight is 365 g/mol. The molecule has 0 saturated heterocycles. The van der Waals surface area contributed by atoms with E-state index in [-0.39, 0.29) is 0 Å². The summed E-state index contributed by atoms with van der Waals surface area (Å²) in [5, 5.41) is 9.29. The number of hydrogen-bond donors (Lipinski definition) is 1. The molecule has 0 spiro atoms. The Morgan fingerprint density at radius 1 is 1.07 bits per heavy atom. The van der Waals surface area contributed by atoms with Crippen LogP contribution in [-0.2, 0) is 0 Å². The van der Waals surface area contributed by atoms with Gasteiger partial charge in [0.05, 0.1) is 23.0 Å². The Kier molecular flexibility index (Phi) is 3.39. The molecule has 0 aliphatic carbocycles. The summed E-state index contributed by atoms with van der Waals surface area (Å²) in [6.45, 7) is 2.01. The molecule has 134 valence electrons. The molecule has 0 bridgehead atoms. The van der Waals surface area contributed by atoms with Crippen LogP contribution in [0.3, 0.4) is 0 Å². The molecule has 0 unspecified atom stereocenters. The average Bonchev–Trinajstić information content (AvgIpc) is 3.35. The Morgan fingerprint density at radius 3 is 2.82 bits per heavy atom. The zero-order valence-electron chi connectivity index (χ0n) is 15.0. The normalized spacial score (nSPS) is 11.1. The molecule has 7 nitrogen and oxygen atoms in total. The van der Waals surface area contributed by atoms with Gasteiger partial charge in [0.2, 0.25) is 0 Å². The first kappa shape index (κ1) is 16.0. The van der Waals surface area contributed by atoms with Crippen LogP contribution >= 0.6 is 0 Å². The lowest BCUT2D eigenvalue weighted by atomic mass is 10.0. The summed E-state index contributed by atoms with van der Waals surface area (Å²) < 4.78 is 3.97. The highest BCUT2D eigenvalue weighted by atomic mass is 15.1. The van der Waals surface area contributed by atoms with Gasteiger partial charge < -0.3 is 10.1 Å². The fourth-order valence-electron chi connectivity index (χ4n) is 3.47. The van der Waals surface area contributed by atoms with E-state index in [1.165, 1.54) is 0 Å². The molecule has 4 aromatic heterocycles. The van der Waals surface area contributed by atoms with Gasteiger partial charge in [-0.1, -0.05) is 12.1 Å². The third-order valence-electron chi connectivity index (χ3n) is 4.80. The molecule has 0 amide bonds. The third-order valence-corrected chi connectivity index (χ3v) is 4.80. The van der Waals surface area contributed by atoms with Crippen molar-refractivity contribution in [1.82, 2.24) is 23.8 Å². The van der Waals surface area contributed by atoms with E-state index < -0.39 is 0 Å². The highest BCUT2D eigenvalue weighted by Crippen LogP contribution is 2.33. The van der Waals surface area contributed by atoms with Gasteiger partial charge in [0.1, 0.15) is 5.65 Å². The first-order valence-corrected chi connectivity index (χ1v) is 8.73. The number of imidazole rings is 2. The maximum atomic E-state index is 9.29. The molecule has 0 aliphatic rings. The van der Waals surface area contributed by atoms with E-state index in [2.05, 4.69) is 21.0 Å². The van der Waals surface area contributed by atoms with Crippen molar-refractivity contribution < 1.29 is 0 Å². The van der Waals surface area contributed by atoms with E-state index in [9.17, 15) is 5.26 Å². The summed E-state index contributed by atoms with van der Waals surface area (Å²) in [5.74, 6) is 0.339. The number of benzene rings is 1. The summed E-state index contributed by atoms with van der Waals surface area (Å²) in [6.07, 6.45) is 7.44. The van der Waals surface area contributed by atoms with Crippen molar-refractivity contribution in [2.24, 2.45) is 0 Å². The zero-order valence-corrected chi connectivity index (χ0v) is 15.0. The Balaban J connectivity index is 1.87. The second-order valence-corrected chi connectivity index (χ2v) is 6.55. The molecular weight excluding hydrogens is 350 g/mol. The van der Waals surface area contributed by atoms with Crippen molar-refractivity contribution >= 4 is 17.1 Å². The number of fused-ring (bicyclic) bond motifs is 2. The Hall–Kier alpha value is -4.18. The number of rotatable bonds is 2. The predicted octanol–water partition coefficient (Wildman–Crippen LogP) is 3.47. The Morgan fingerprint density at radius 2 is 1.96 bits per heavy atom. The quantitative estimate of drug-likeness (QED) is 0.516. The fourth-order valence-corrected chi connectivity index (χ4v) is 3.47. The topological polar surface area (TPSA) is 97.3 Å². The number of anilines is 1. The van der Waals surface area contributed by atoms with Crippen LogP contribution in [0.25, 0.3) is 33.8 Å². The minimum absolute atomic E-state index is 0.339. The van der Waals surface area contributed by atoms with Crippen LogP contribution in [0.5, 0.6) is 0 Å². The number of nitriles is 1. The van der Waals surface area contributed by atoms with E-state index in [4.69, 9.17) is 5.73 Å². The molecule has 0 aliphatic heterocycles. The van der Waals surface area contributed by atoms with Gasteiger partial charge in [0.25, 0.3) is 0 Å². The number of aromatic nitrogens is 5. The maximum Gasteiger partial charge on any atom is 0.180 e. The number of pyridine rings is 1. The van der Waals surface area contributed by atoms with Crippen molar-refractivity contribution in [2.45, 2.75) is 6.92 Å². The third kappa shape index (κ3) is 2.32. The summed E-state index contributed by atoms with van der Waals surface area (Å²) in [6, 6.07) is 13.5. The Bertz CT molecular complexity index is 1400. The van der Waals surface area contributed by atoms with Crippen LogP contribution in [0.1, 0.15) is 11.3 Å². The lowest BCUT2D eigenvalue weighted by Crippen LogP contribution is -2.04.